The molecule has 4 nitrogen and oxygen atoms in total. The monoisotopic (exact) mass is 368 g/mol. The van der Waals surface area contributed by atoms with Crippen LogP contribution in [0.15, 0.2) is 11.2 Å². The van der Waals surface area contributed by atoms with Crippen molar-refractivity contribution in [2.75, 3.05) is 20.6 Å². The van der Waals surface area contributed by atoms with Crippen LogP contribution in [0.4, 0.5) is 0 Å². The number of nitrogens with zero attached hydrogens (tertiary/aromatic N) is 3. The fourth-order valence-electron chi connectivity index (χ4n) is 1.24. The Morgan fingerprint density at radius 3 is 2.65 bits per heavy atom. The molecule has 1 N–H and O–H groups in total. The standard InChI is InChI=1S/C11H20N4S.HI/c1-5-9-7-13-10(16-9)8-14-11(12-6-2)15(3)4;/h7H,5-6,8H2,1-4H3,(H,12,14);1H. The van der Waals surface area contributed by atoms with Crippen LogP contribution in [-0.2, 0) is 13.0 Å². The van der Waals surface area contributed by atoms with E-state index in [1.807, 2.05) is 25.2 Å². The van der Waals surface area contributed by atoms with Crippen molar-refractivity contribution in [3.8, 4) is 0 Å². The van der Waals surface area contributed by atoms with E-state index >= 15 is 0 Å². The van der Waals surface area contributed by atoms with E-state index in [-0.39, 0.29) is 24.0 Å². The molecule has 6 heteroatoms. The number of halogens is 1. The molecule has 0 aromatic carbocycles. The first-order chi connectivity index (χ1) is 7.67. The van der Waals surface area contributed by atoms with Gasteiger partial charge in [0, 0.05) is 31.7 Å². The molecule has 0 saturated carbocycles. The van der Waals surface area contributed by atoms with Gasteiger partial charge >= 0.3 is 0 Å². The fraction of sp³-hybridized carbons (Fsp3) is 0.636. The van der Waals surface area contributed by atoms with Crippen LogP contribution in [0.1, 0.15) is 23.7 Å². The lowest BCUT2D eigenvalue weighted by molar-refractivity contribution is 0.583. The summed E-state index contributed by atoms with van der Waals surface area (Å²) in [5.41, 5.74) is 0. The van der Waals surface area contributed by atoms with Crippen molar-refractivity contribution in [3.63, 3.8) is 0 Å². The first-order valence-corrected chi connectivity index (χ1v) is 6.38. The van der Waals surface area contributed by atoms with Crippen molar-refractivity contribution in [2.45, 2.75) is 26.8 Å². The van der Waals surface area contributed by atoms with E-state index in [4.69, 9.17) is 0 Å². The number of thiazole rings is 1. The molecule has 0 amide bonds. The number of nitrogens with one attached hydrogen (secondary N) is 1. The van der Waals surface area contributed by atoms with Crippen LogP contribution in [0.3, 0.4) is 0 Å². The van der Waals surface area contributed by atoms with Crippen LogP contribution in [0.2, 0.25) is 0 Å². The molecule has 1 heterocycles. The number of rotatable bonds is 4. The average molecular weight is 368 g/mol. The van der Waals surface area contributed by atoms with Gasteiger partial charge in [-0.3, -0.25) is 0 Å². The smallest absolute Gasteiger partial charge is 0.193 e. The molecule has 0 fully saturated rings. The Morgan fingerprint density at radius 2 is 2.18 bits per heavy atom. The number of hydrogen-bond donors (Lipinski definition) is 1. The zero-order valence-corrected chi connectivity index (χ0v) is 14.0. The Bertz CT molecular complexity index is 349. The second kappa shape index (κ2) is 8.68. The van der Waals surface area contributed by atoms with Gasteiger partial charge in [0.15, 0.2) is 5.96 Å². The number of aryl methyl sites for hydroxylation is 1. The SMILES string of the molecule is CCNC(=NCc1ncc(CC)s1)N(C)C.I. The van der Waals surface area contributed by atoms with Crippen molar-refractivity contribution in [1.29, 1.82) is 0 Å². The lowest BCUT2D eigenvalue weighted by Crippen LogP contribution is -2.36. The quantitative estimate of drug-likeness (QED) is 0.504. The minimum absolute atomic E-state index is 0. The van der Waals surface area contributed by atoms with Crippen molar-refractivity contribution in [2.24, 2.45) is 4.99 Å². The minimum Gasteiger partial charge on any atom is -0.357 e. The summed E-state index contributed by atoms with van der Waals surface area (Å²) in [5, 5.41) is 4.30. The Balaban J connectivity index is 0.00000256. The summed E-state index contributed by atoms with van der Waals surface area (Å²) in [6.07, 6.45) is 2.99. The highest BCUT2D eigenvalue weighted by Gasteiger charge is 2.02. The van der Waals surface area contributed by atoms with Gasteiger partial charge in [-0.25, -0.2) is 9.98 Å². The van der Waals surface area contributed by atoms with Crippen LogP contribution in [0.5, 0.6) is 0 Å². The van der Waals surface area contributed by atoms with Gasteiger partial charge in [0.2, 0.25) is 0 Å². The Morgan fingerprint density at radius 1 is 1.47 bits per heavy atom. The number of hydrogen-bond acceptors (Lipinski definition) is 3. The van der Waals surface area contributed by atoms with Gasteiger partial charge in [-0.2, -0.15) is 0 Å². The normalized spacial score (nSPS) is 10.9. The maximum absolute atomic E-state index is 4.51. The molecule has 1 aromatic rings. The van der Waals surface area contributed by atoms with Gasteiger partial charge in [0.25, 0.3) is 0 Å². The average Bonchev–Trinajstić information content (AvgIpc) is 2.71. The Hall–Kier alpha value is -0.370. The van der Waals surface area contributed by atoms with Crippen LogP contribution in [0, 0.1) is 0 Å². The predicted molar refractivity (Wildman–Crippen MR) is 85.4 cm³/mol. The van der Waals surface area contributed by atoms with E-state index in [1.165, 1.54) is 4.88 Å². The van der Waals surface area contributed by atoms with Crippen molar-refractivity contribution in [1.82, 2.24) is 15.2 Å². The zero-order chi connectivity index (χ0) is 12.0. The maximum Gasteiger partial charge on any atom is 0.193 e. The summed E-state index contributed by atoms with van der Waals surface area (Å²) >= 11 is 1.74. The Labute approximate surface area is 125 Å². The molecule has 98 valence electrons. The molecule has 0 aliphatic carbocycles. The molecule has 0 bridgehead atoms. The van der Waals surface area contributed by atoms with Crippen molar-refractivity contribution >= 4 is 41.3 Å². The molecule has 0 atom stereocenters. The van der Waals surface area contributed by atoms with Crippen LogP contribution in [0.25, 0.3) is 0 Å². The topological polar surface area (TPSA) is 40.5 Å². The summed E-state index contributed by atoms with van der Waals surface area (Å²) in [6, 6.07) is 0. The van der Waals surface area contributed by atoms with Gasteiger partial charge in [-0.1, -0.05) is 6.92 Å². The highest BCUT2D eigenvalue weighted by atomic mass is 127. The van der Waals surface area contributed by atoms with Gasteiger partial charge in [-0.05, 0) is 13.3 Å². The lowest BCUT2D eigenvalue weighted by atomic mass is 10.4. The van der Waals surface area contributed by atoms with E-state index < -0.39 is 0 Å². The van der Waals surface area contributed by atoms with Crippen molar-refractivity contribution in [3.05, 3.63) is 16.1 Å². The third kappa shape index (κ3) is 5.67. The second-order valence-electron chi connectivity index (χ2n) is 3.64. The predicted octanol–water partition coefficient (Wildman–Crippen LogP) is 2.35. The van der Waals surface area contributed by atoms with E-state index in [1.54, 1.807) is 11.3 Å². The summed E-state index contributed by atoms with van der Waals surface area (Å²) in [5.74, 6) is 0.913. The van der Waals surface area contributed by atoms with Gasteiger partial charge < -0.3 is 10.2 Å². The molecule has 0 aliphatic heterocycles. The van der Waals surface area contributed by atoms with E-state index in [2.05, 4.69) is 29.1 Å². The highest BCUT2D eigenvalue weighted by molar-refractivity contribution is 14.0. The summed E-state index contributed by atoms with van der Waals surface area (Å²) in [4.78, 5) is 12.2. The van der Waals surface area contributed by atoms with Crippen molar-refractivity contribution < 1.29 is 0 Å². The molecular formula is C11H21IN4S. The van der Waals surface area contributed by atoms with E-state index in [0.717, 1.165) is 23.9 Å². The van der Waals surface area contributed by atoms with Gasteiger partial charge in [0.05, 0.1) is 6.54 Å². The first kappa shape index (κ1) is 16.6. The molecular weight excluding hydrogens is 347 g/mol. The van der Waals surface area contributed by atoms with Gasteiger partial charge in [0.1, 0.15) is 5.01 Å². The van der Waals surface area contributed by atoms with Crippen LogP contribution in [-0.4, -0.2) is 36.5 Å². The zero-order valence-electron chi connectivity index (χ0n) is 10.9. The highest BCUT2D eigenvalue weighted by Crippen LogP contribution is 2.13. The van der Waals surface area contributed by atoms with E-state index in [9.17, 15) is 0 Å². The largest absolute Gasteiger partial charge is 0.357 e. The lowest BCUT2D eigenvalue weighted by Gasteiger charge is -2.16. The molecule has 0 unspecified atom stereocenters. The molecule has 1 aromatic heterocycles. The molecule has 17 heavy (non-hydrogen) atoms. The molecule has 1 rings (SSSR count). The summed E-state index contributed by atoms with van der Waals surface area (Å²) in [6.45, 7) is 5.75. The third-order valence-corrected chi connectivity index (χ3v) is 3.20. The molecule has 0 aliphatic rings. The summed E-state index contributed by atoms with van der Waals surface area (Å²) in [7, 11) is 3.97. The molecule has 0 radical (unpaired) electrons. The number of aromatic nitrogens is 1. The van der Waals surface area contributed by atoms with E-state index in [0.29, 0.717) is 6.54 Å². The Kier molecular flexibility index (Phi) is 8.49. The number of guanidine groups is 1. The minimum atomic E-state index is 0. The molecule has 0 saturated heterocycles. The summed E-state index contributed by atoms with van der Waals surface area (Å²) < 4.78 is 0. The fourth-order valence-corrected chi connectivity index (χ4v) is 2.03. The second-order valence-corrected chi connectivity index (χ2v) is 4.84. The van der Waals surface area contributed by atoms with Crippen LogP contribution >= 0.6 is 35.3 Å². The van der Waals surface area contributed by atoms with Gasteiger partial charge in [-0.15, -0.1) is 35.3 Å². The maximum atomic E-state index is 4.51. The van der Waals surface area contributed by atoms with Crippen LogP contribution < -0.4 is 5.32 Å². The first-order valence-electron chi connectivity index (χ1n) is 5.56. The number of aliphatic imine (C=N–C) groups is 1. The molecule has 0 spiro atoms. The third-order valence-electron chi connectivity index (χ3n) is 2.07.